The van der Waals surface area contributed by atoms with Crippen molar-refractivity contribution in [2.75, 3.05) is 20.1 Å². The van der Waals surface area contributed by atoms with Crippen LogP contribution in [0.4, 0.5) is 4.79 Å². The number of urea groups is 1. The highest BCUT2D eigenvalue weighted by atomic mass is 16.3. The molecule has 1 fully saturated rings. The van der Waals surface area contributed by atoms with E-state index in [9.17, 15) is 4.79 Å². The summed E-state index contributed by atoms with van der Waals surface area (Å²) < 4.78 is 1.73. The third kappa shape index (κ3) is 1.52. The first-order valence-electron chi connectivity index (χ1n) is 5.57. The van der Waals surface area contributed by atoms with Gasteiger partial charge in [-0.2, -0.15) is 5.10 Å². The highest BCUT2D eigenvalue weighted by Crippen LogP contribution is 2.24. The zero-order valence-corrected chi connectivity index (χ0v) is 9.58. The molecule has 0 aromatic carbocycles. The van der Waals surface area contributed by atoms with E-state index in [1.54, 1.807) is 20.5 Å². The largest absolute Gasteiger partial charge is 0.390 e. The number of carbonyl (C=O) groups is 1. The molecule has 2 amide bonds. The molecule has 3 heterocycles. The maximum Gasteiger partial charge on any atom is 0.320 e. The number of hydrogen-bond acceptors (Lipinski definition) is 3. The molecule has 3 rings (SSSR count). The van der Waals surface area contributed by atoms with Crippen LogP contribution in [0.5, 0.6) is 0 Å². The van der Waals surface area contributed by atoms with Gasteiger partial charge in [0, 0.05) is 19.8 Å². The minimum absolute atomic E-state index is 0.0632. The van der Waals surface area contributed by atoms with Gasteiger partial charge in [-0.1, -0.05) is 0 Å². The Labute approximate surface area is 98.7 Å². The zero-order valence-electron chi connectivity index (χ0n) is 9.58. The van der Waals surface area contributed by atoms with Crippen molar-refractivity contribution in [3.63, 3.8) is 0 Å². The Morgan fingerprint density at radius 1 is 1.59 bits per heavy atom. The lowest BCUT2D eigenvalue weighted by molar-refractivity contribution is 0.201. The molecule has 90 valence electrons. The van der Waals surface area contributed by atoms with Gasteiger partial charge >= 0.3 is 6.03 Å². The number of aliphatic hydroxyl groups excluding tert-OH is 1. The quantitative estimate of drug-likeness (QED) is 0.781. The SMILES string of the molecule is CN1C(=O)N2CC(n3ccc(CO)n3)=CC1C2. The second-order valence-corrected chi connectivity index (χ2v) is 4.41. The fraction of sp³-hybridized carbons (Fsp3) is 0.455. The third-order valence-corrected chi connectivity index (χ3v) is 3.32. The average Bonchev–Trinajstić information content (AvgIpc) is 2.91. The van der Waals surface area contributed by atoms with E-state index in [0.717, 1.165) is 12.2 Å². The second kappa shape index (κ2) is 3.59. The van der Waals surface area contributed by atoms with Crippen molar-refractivity contribution in [1.29, 1.82) is 0 Å². The van der Waals surface area contributed by atoms with E-state index in [-0.39, 0.29) is 18.7 Å². The van der Waals surface area contributed by atoms with Gasteiger partial charge in [0.05, 0.1) is 30.6 Å². The Kier molecular flexibility index (Phi) is 2.19. The van der Waals surface area contributed by atoms with Crippen molar-refractivity contribution < 1.29 is 9.90 Å². The molecule has 2 aliphatic heterocycles. The monoisotopic (exact) mass is 234 g/mol. The Hall–Kier alpha value is -1.82. The van der Waals surface area contributed by atoms with Crippen molar-refractivity contribution in [1.82, 2.24) is 19.6 Å². The molecule has 17 heavy (non-hydrogen) atoms. The summed E-state index contributed by atoms with van der Waals surface area (Å²) in [5, 5.41) is 13.2. The molecular formula is C11H14N4O2. The zero-order chi connectivity index (χ0) is 12.0. The first-order valence-corrected chi connectivity index (χ1v) is 5.57. The Balaban J connectivity index is 1.91. The van der Waals surface area contributed by atoms with Gasteiger partial charge in [-0.15, -0.1) is 0 Å². The summed E-state index contributed by atoms with van der Waals surface area (Å²) in [4.78, 5) is 15.3. The normalized spacial score (nSPS) is 23.3. The van der Waals surface area contributed by atoms with Crippen LogP contribution in [-0.4, -0.2) is 56.9 Å². The van der Waals surface area contributed by atoms with E-state index in [2.05, 4.69) is 11.2 Å². The number of aromatic nitrogens is 2. The lowest BCUT2D eigenvalue weighted by Gasteiger charge is -2.21. The summed E-state index contributed by atoms with van der Waals surface area (Å²) >= 11 is 0. The van der Waals surface area contributed by atoms with Crippen LogP contribution in [0.15, 0.2) is 18.3 Å². The van der Waals surface area contributed by atoms with E-state index in [0.29, 0.717) is 12.2 Å². The van der Waals surface area contributed by atoms with Crippen LogP contribution in [0, 0.1) is 0 Å². The van der Waals surface area contributed by atoms with Crippen LogP contribution in [-0.2, 0) is 6.61 Å². The maximum absolute atomic E-state index is 11.8. The summed E-state index contributed by atoms with van der Waals surface area (Å²) in [5.41, 5.74) is 1.62. The fourth-order valence-corrected chi connectivity index (χ4v) is 2.31. The molecule has 0 spiro atoms. The molecule has 0 aliphatic carbocycles. The Bertz CT molecular complexity index is 493. The molecule has 1 aromatic rings. The van der Waals surface area contributed by atoms with Crippen molar-refractivity contribution in [3.8, 4) is 0 Å². The predicted molar refractivity (Wildman–Crippen MR) is 60.9 cm³/mol. The first kappa shape index (κ1) is 10.3. The molecule has 0 radical (unpaired) electrons. The molecule has 1 saturated heterocycles. The summed E-state index contributed by atoms with van der Waals surface area (Å²) in [6, 6.07) is 1.97. The summed E-state index contributed by atoms with van der Waals surface area (Å²) in [6.07, 6.45) is 3.88. The number of hydrogen-bond donors (Lipinski definition) is 1. The lowest BCUT2D eigenvalue weighted by atomic mass is 10.2. The summed E-state index contributed by atoms with van der Waals surface area (Å²) in [5.74, 6) is 0. The fourth-order valence-electron chi connectivity index (χ4n) is 2.31. The Morgan fingerprint density at radius 2 is 2.41 bits per heavy atom. The number of amides is 2. The van der Waals surface area contributed by atoms with Gasteiger partial charge in [0.1, 0.15) is 0 Å². The van der Waals surface area contributed by atoms with Gasteiger partial charge in [-0.3, -0.25) is 0 Å². The van der Waals surface area contributed by atoms with Crippen molar-refractivity contribution in [2.45, 2.75) is 12.6 Å². The van der Waals surface area contributed by atoms with Gasteiger partial charge in [0.25, 0.3) is 0 Å². The number of likely N-dealkylation sites (N-methyl/N-ethyl adjacent to an activating group) is 1. The molecular weight excluding hydrogens is 220 g/mol. The minimum atomic E-state index is -0.0632. The number of nitrogens with zero attached hydrogens (tertiary/aromatic N) is 4. The van der Waals surface area contributed by atoms with E-state index >= 15 is 0 Å². The molecule has 1 unspecified atom stereocenters. The van der Waals surface area contributed by atoms with Crippen LogP contribution < -0.4 is 0 Å². The highest BCUT2D eigenvalue weighted by Gasteiger charge is 2.37. The second-order valence-electron chi connectivity index (χ2n) is 4.41. The molecule has 6 nitrogen and oxygen atoms in total. The van der Waals surface area contributed by atoms with Gasteiger partial charge in [-0.25, -0.2) is 9.48 Å². The van der Waals surface area contributed by atoms with E-state index in [1.165, 1.54) is 0 Å². The maximum atomic E-state index is 11.8. The topological polar surface area (TPSA) is 61.6 Å². The minimum Gasteiger partial charge on any atom is -0.390 e. The van der Waals surface area contributed by atoms with Gasteiger partial charge in [0.15, 0.2) is 0 Å². The van der Waals surface area contributed by atoms with Gasteiger partial charge in [0.2, 0.25) is 0 Å². The number of fused-ring (bicyclic) bond motifs is 2. The first-order chi connectivity index (χ1) is 8.19. The van der Waals surface area contributed by atoms with Gasteiger partial charge < -0.3 is 14.9 Å². The van der Waals surface area contributed by atoms with Crippen molar-refractivity contribution in [3.05, 3.63) is 24.0 Å². The summed E-state index contributed by atoms with van der Waals surface area (Å²) in [7, 11) is 1.81. The standard InChI is InChI=1S/C11H14N4O2/c1-13-9-4-10(6-14(5-9)11(13)17)15-3-2-8(7-16)12-15/h2-4,9,16H,5-7H2,1H3. The highest BCUT2D eigenvalue weighted by molar-refractivity contribution is 5.80. The average molecular weight is 234 g/mol. The molecule has 2 bridgehead atoms. The number of carbonyl (C=O) groups excluding carboxylic acids is 1. The molecule has 1 aromatic heterocycles. The Morgan fingerprint density at radius 3 is 3.06 bits per heavy atom. The molecule has 2 aliphatic rings. The van der Waals surface area contributed by atoms with Crippen LogP contribution in [0.3, 0.4) is 0 Å². The van der Waals surface area contributed by atoms with Crippen molar-refractivity contribution in [2.24, 2.45) is 0 Å². The van der Waals surface area contributed by atoms with E-state index in [4.69, 9.17) is 5.11 Å². The van der Waals surface area contributed by atoms with Crippen LogP contribution in [0.1, 0.15) is 5.69 Å². The van der Waals surface area contributed by atoms with E-state index in [1.807, 2.05) is 13.2 Å². The summed E-state index contributed by atoms with van der Waals surface area (Å²) in [6.45, 7) is 1.27. The molecule has 6 heteroatoms. The molecule has 1 atom stereocenters. The predicted octanol–water partition coefficient (Wildman–Crippen LogP) is -0.0341. The van der Waals surface area contributed by atoms with Crippen LogP contribution in [0.2, 0.25) is 0 Å². The smallest absolute Gasteiger partial charge is 0.320 e. The number of rotatable bonds is 2. The van der Waals surface area contributed by atoms with Crippen molar-refractivity contribution >= 4 is 11.7 Å². The van der Waals surface area contributed by atoms with Crippen LogP contribution >= 0.6 is 0 Å². The third-order valence-electron chi connectivity index (χ3n) is 3.32. The molecule has 1 N–H and O–H groups in total. The molecule has 0 saturated carbocycles. The lowest BCUT2D eigenvalue weighted by Crippen LogP contribution is -2.31. The van der Waals surface area contributed by atoms with Crippen LogP contribution in [0.25, 0.3) is 5.70 Å². The van der Waals surface area contributed by atoms with Gasteiger partial charge in [-0.05, 0) is 12.1 Å². The van der Waals surface area contributed by atoms with E-state index < -0.39 is 0 Å². The number of aliphatic hydroxyl groups is 1.